The molecule has 0 saturated carbocycles. The van der Waals surface area contributed by atoms with Crippen molar-refractivity contribution in [3.05, 3.63) is 35.9 Å². The molecule has 34 heavy (non-hydrogen) atoms. The normalized spacial score (nSPS) is 14.0. The second-order valence-electron chi connectivity index (χ2n) is 8.09. The van der Waals surface area contributed by atoms with Crippen LogP contribution >= 0.6 is 0 Å². The van der Waals surface area contributed by atoms with Crippen LogP contribution in [0.1, 0.15) is 5.56 Å². The van der Waals surface area contributed by atoms with Crippen molar-refractivity contribution in [2.75, 3.05) is 66.6 Å². The van der Waals surface area contributed by atoms with E-state index in [-0.39, 0.29) is 5.91 Å². The van der Waals surface area contributed by atoms with Gasteiger partial charge in [-0.15, -0.1) is 0 Å². The predicted molar refractivity (Wildman–Crippen MR) is 132 cm³/mol. The Labute approximate surface area is 198 Å². The van der Waals surface area contributed by atoms with Crippen molar-refractivity contribution in [2.45, 2.75) is 0 Å². The van der Waals surface area contributed by atoms with E-state index >= 15 is 0 Å². The van der Waals surface area contributed by atoms with Gasteiger partial charge < -0.3 is 33.7 Å². The molecule has 180 valence electrons. The molecule has 2 heterocycles. The highest BCUT2D eigenvalue weighted by Gasteiger charge is 2.19. The number of rotatable bonds is 7. The molecule has 1 saturated heterocycles. The number of amides is 1. The Morgan fingerprint density at radius 2 is 1.74 bits per heavy atom. The van der Waals surface area contributed by atoms with Crippen molar-refractivity contribution in [1.29, 1.82) is 0 Å². The number of hydrogen-bond acceptors (Lipinski definition) is 7. The number of methoxy groups -OCH3 is 3. The van der Waals surface area contributed by atoms with Crippen LogP contribution in [-0.2, 0) is 9.53 Å². The minimum absolute atomic E-state index is 0.0734. The first-order valence-electron chi connectivity index (χ1n) is 11.0. The van der Waals surface area contributed by atoms with Crippen LogP contribution < -0.4 is 19.1 Å². The molecule has 9 heteroatoms. The van der Waals surface area contributed by atoms with Gasteiger partial charge in [0.2, 0.25) is 11.7 Å². The monoisotopic (exact) mass is 466 g/mol. The molecule has 0 radical (unpaired) electrons. The van der Waals surface area contributed by atoms with E-state index in [4.69, 9.17) is 23.9 Å². The Balaban J connectivity index is 1.81. The summed E-state index contributed by atoms with van der Waals surface area (Å²) in [6.07, 6.45) is 3.44. The molecule has 4 rings (SSSR count). The number of imidazole rings is 1. The number of hydrogen-bond donors (Lipinski definition) is 1. The van der Waals surface area contributed by atoms with E-state index < -0.39 is 0 Å². The van der Waals surface area contributed by atoms with Crippen molar-refractivity contribution in [3.8, 4) is 28.6 Å². The van der Waals surface area contributed by atoms with E-state index in [9.17, 15) is 4.79 Å². The molecule has 0 bridgehead atoms. The Morgan fingerprint density at radius 1 is 1.06 bits per heavy atom. The molecular weight excluding hydrogens is 436 g/mol. The third kappa shape index (κ3) is 4.65. The number of ether oxygens (including phenoxy) is 4. The van der Waals surface area contributed by atoms with Crippen LogP contribution in [0, 0.1) is 0 Å². The van der Waals surface area contributed by atoms with Gasteiger partial charge in [0.25, 0.3) is 0 Å². The minimum Gasteiger partial charge on any atom is -0.493 e. The molecule has 2 aromatic carbocycles. The van der Waals surface area contributed by atoms with Gasteiger partial charge in [-0.2, -0.15) is 0 Å². The summed E-state index contributed by atoms with van der Waals surface area (Å²) >= 11 is 0. The van der Waals surface area contributed by atoms with Crippen LogP contribution in [0.3, 0.4) is 0 Å². The van der Waals surface area contributed by atoms with Crippen LogP contribution in [0.2, 0.25) is 0 Å². The predicted octanol–water partition coefficient (Wildman–Crippen LogP) is 3.19. The first kappa shape index (κ1) is 23.4. The van der Waals surface area contributed by atoms with E-state index in [0.29, 0.717) is 36.3 Å². The van der Waals surface area contributed by atoms with Crippen molar-refractivity contribution >= 4 is 28.7 Å². The standard InChI is InChI=1S/C25H30N4O5/c1-28(2)23(30)7-6-16-12-18-19(15-20(16)29-8-10-34-11-9-29)27-25(26-18)17-13-21(31-3)24(33-5)22(14-17)32-4/h6-7,12-15H,8-11H2,1-5H3,(H,26,27). The number of aromatic amines is 1. The van der Waals surface area contributed by atoms with Crippen molar-refractivity contribution in [3.63, 3.8) is 0 Å². The first-order valence-corrected chi connectivity index (χ1v) is 11.0. The lowest BCUT2D eigenvalue weighted by molar-refractivity contribution is -0.123. The molecule has 3 aromatic rings. The summed E-state index contributed by atoms with van der Waals surface area (Å²) in [6.45, 7) is 2.88. The molecule has 1 aromatic heterocycles. The Kier molecular flexibility index (Phi) is 6.93. The molecule has 1 amide bonds. The maximum absolute atomic E-state index is 12.2. The van der Waals surface area contributed by atoms with Gasteiger partial charge >= 0.3 is 0 Å². The number of fused-ring (bicyclic) bond motifs is 1. The van der Waals surface area contributed by atoms with E-state index in [2.05, 4.69) is 16.0 Å². The fourth-order valence-corrected chi connectivity index (χ4v) is 3.94. The maximum atomic E-state index is 12.2. The van der Waals surface area contributed by atoms with E-state index in [0.717, 1.165) is 40.9 Å². The highest BCUT2D eigenvalue weighted by Crippen LogP contribution is 2.41. The minimum atomic E-state index is -0.0734. The SMILES string of the molecule is COc1cc(-c2nc3cc(N4CCOCC4)c(C=CC(=O)N(C)C)cc3[nH]2)cc(OC)c1OC. The lowest BCUT2D eigenvalue weighted by Crippen LogP contribution is -2.36. The van der Waals surface area contributed by atoms with Crippen LogP contribution in [0.15, 0.2) is 30.3 Å². The molecule has 0 unspecified atom stereocenters. The van der Waals surface area contributed by atoms with Crippen LogP contribution in [0.4, 0.5) is 5.69 Å². The van der Waals surface area contributed by atoms with Gasteiger partial charge in [0.1, 0.15) is 5.82 Å². The summed E-state index contributed by atoms with van der Waals surface area (Å²) in [5, 5.41) is 0. The molecule has 0 atom stereocenters. The van der Waals surface area contributed by atoms with Crippen molar-refractivity contribution < 1.29 is 23.7 Å². The van der Waals surface area contributed by atoms with Gasteiger partial charge in [-0.25, -0.2) is 4.98 Å². The van der Waals surface area contributed by atoms with E-state index in [1.165, 1.54) is 0 Å². The van der Waals surface area contributed by atoms with Crippen LogP contribution in [0.5, 0.6) is 17.2 Å². The van der Waals surface area contributed by atoms with Gasteiger partial charge in [-0.3, -0.25) is 4.79 Å². The summed E-state index contributed by atoms with van der Waals surface area (Å²) in [4.78, 5) is 24.2. The molecule has 0 spiro atoms. The molecule has 1 aliphatic heterocycles. The molecule has 1 N–H and O–H groups in total. The number of H-pyrrole nitrogens is 1. The fraction of sp³-hybridized carbons (Fsp3) is 0.360. The van der Waals surface area contributed by atoms with E-state index in [1.54, 1.807) is 46.4 Å². The Bertz CT molecular complexity index is 1190. The second kappa shape index (κ2) is 10.0. The highest BCUT2D eigenvalue weighted by molar-refractivity contribution is 5.95. The van der Waals surface area contributed by atoms with Gasteiger partial charge in [-0.05, 0) is 30.3 Å². The summed E-state index contributed by atoms with van der Waals surface area (Å²) in [5.74, 6) is 2.23. The highest BCUT2D eigenvalue weighted by atomic mass is 16.5. The fourth-order valence-electron chi connectivity index (χ4n) is 3.94. The molecule has 0 aliphatic carbocycles. The number of morpholine rings is 1. The van der Waals surface area contributed by atoms with Crippen molar-refractivity contribution in [2.24, 2.45) is 0 Å². The van der Waals surface area contributed by atoms with Crippen LogP contribution in [-0.4, -0.2) is 82.5 Å². The van der Waals surface area contributed by atoms with Gasteiger partial charge in [0.05, 0.1) is 45.6 Å². The number of aromatic nitrogens is 2. The molecular formula is C25H30N4O5. The largest absolute Gasteiger partial charge is 0.493 e. The van der Waals surface area contributed by atoms with E-state index in [1.807, 2.05) is 24.3 Å². The second-order valence-corrected chi connectivity index (χ2v) is 8.09. The Hall–Kier alpha value is -3.72. The zero-order valence-corrected chi connectivity index (χ0v) is 20.2. The number of carbonyl (C=O) groups excluding carboxylic acids is 1. The summed E-state index contributed by atoms with van der Waals surface area (Å²) < 4.78 is 22.0. The third-order valence-corrected chi connectivity index (χ3v) is 5.77. The third-order valence-electron chi connectivity index (χ3n) is 5.77. The van der Waals surface area contributed by atoms with Crippen molar-refractivity contribution in [1.82, 2.24) is 14.9 Å². The lowest BCUT2D eigenvalue weighted by Gasteiger charge is -2.30. The molecule has 1 aliphatic rings. The Morgan fingerprint density at radius 3 is 2.32 bits per heavy atom. The summed E-state index contributed by atoms with van der Waals surface area (Å²) in [5.41, 5.74) is 4.43. The maximum Gasteiger partial charge on any atom is 0.246 e. The molecule has 9 nitrogen and oxygen atoms in total. The smallest absolute Gasteiger partial charge is 0.246 e. The zero-order valence-electron chi connectivity index (χ0n) is 20.2. The number of likely N-dealkylation sites (N-methyl/N-ethyl adjacent to an activating group) is 1. The zero-order chi connectivity index (χ0) is 24.2. The van der Waals surface area contributed by atoms with Gasteiger partial charge in [0.15, 0.2) is 11.5 Å². The lowest BCUT2D eigenvalue weighted by atomic mass is 10.1. The summed E-state index contributed by atoms with van der Waals surface area (Å²) in [7, 11) is 8.21. The number of anilines is 1. The average Bonchev–Trinajstić information content (AvgIpc) is 3.29. The average molecular weight is 467 g/mol. The van der Waals surface area contributed by atoms with Gasteiger partial charge in [-0.1, -0.05) is 0 Å². The molecule has 1 fully saturated rings. The first-order chi connectivity index (χ1) is 16.4. The van der Waals surface area contributed by atoms with Gasteiger partial charge in [0, 0.05) is 50.1 Å². The quantitative estimate of drug-likeness (QED) is 0.535. The number of benzene rings is 2. The van der Waals surface area contributed by atoms with Crippen LogP contribution in [0.25, 0.3) is 28.5 Å². The topological polar surface area (TPSA) is 89.2 Å². The summed E-state index contributed by atoms with van der Waals surface area (Å²) in [6, 6.07) is 7.80. The number of nitrogens with zero attached hydrogens (tertiary/aromatic N) is 3. The number of carbonyl (C=O) groups is 1. The number of nitrogens with one attached hydrogen (secondary N) is 1.